The van der Waals surface area contributed by atoms with Crippen LogP contribution in [0.4, 0.5) is 17.3 Å². The number of benzene rings is 2. The zero-order chi connectivity index (χ0) is 25.9. The lowest BCUT2D eigenvalue weighted by atomic mass is 10.0. The lowest BCUT2D eigenvalue weighted by Crippen LogP contribution is -2.32. The van der Waals surface area contributed by atoms with Gasteiger partial charge in [-0.15, -0.1) is 0 Å². The number of ether oxygens (including phenoxy) is 2. The van der Waals surface area contributed by atoms with Gasteiger partial charge in [0.2, 0.25) is 0 Å². The van der Waals surface area contributed by atoms with Crippen LogP contribution in [0.25, 0.3) is 16.8 Å². The molecule has 0 spiro atoms. The van der Waals surface area contributed by atoms with Crippen LogP contribution in [-0.2, 0) is 4.74 Å². The number of piperidine rings is 1. The van der Waals surface area contributed by atoms with Gasteiger partial charge in [0.05, 0.1) is 12.7 Å². The van der Waals surface area contributed by atoms with Gasteiger partial charge in [-0.3, -0.25) is 0 Å². The molecule has 4 heterocycles. The zero-order valence-electron chi connectivity index (χ0n) is 21.7. The number of fused-ring (bicyclic) bond motifs is 1. The summed E-state index contributed by atoms with van der Waals surface area (Å²) >= 11 is 0. The quantitative estimate of drug-likeness (QED) is 0.317. The first-order chi connectivity index (χ1) is 18.8. The molecular weight excluding hydrogens is 476 g/mol. The van der Waals surface area contributed by atoms with Crippen LogP contribution in [0.5, 0.6) is 5.75 Å². The predicted molar refractivity (Wildman–Crippen MR) is 151 cm³/mol. The highest BCUT2D eigenvalue weighted by atomic mass is 16.5. The van der Waals surface area contributed by atoms with E-state index in [1.807, 2.05) is 53.2 Å². The molecule has 0 amide bonds. The molecule has 1 atom stereocenters. The summed E-state index contributed by atoms with van der Waals surface area (Å²) in [5.74, 6) is 3.26. The average molecular weight is 509 g/mol. The first-order valence-electron chi connectivity index (χ1n) is 13.1. The normalized spacial score (nSPS) is 17.1. The van der Waals surface area contributed by atoms with Crippen molar-refractivity contribution in [1.82, 2.24) is 14.8 Å². The molecule has 0 bridgehead atoms. The summed E-state index contributed by atoms with van der Waals surface area (Å²) in [6.07, 6.45) is 4.90. The lowest BCUT2D eigenvalue weighted by molar-refractivity contribution is 0.0830. The fourth-order valence-corrected chi connectivity index (χ4v) is 5.29. The van der Waals surface area contributed by atoms with E-state index in [0.29, 0.717) is 0 Å². The maximum Gasteiger partial charge on any atom is 0.182 e. The molecule has 2 aromatic carbocycles. The van der Waals surface area contributed by atoms with Gasteiger partial charge in [-0.1, -0.05) is 48.5 Å². The number of methoxy groups -OCH3 is 2. The van der Waals surface area contributed by atoms with E-state index in [1.54, 1.807) is 20.4 Å². The lowest BCUT2D eigenvalue weighted by Gasteiger charge is -2.34. The van der Waals surface area contributed by atoms with Crippen molar-refractivity contribution in [3.05, 3.63) is 90.4 Å². The molecule has 1 fully saturated rings. The molecule has 2 aromatic heterocycles. The van der Waals surface area contributed by atoms with E-state index in [2.05, 4.69) is 44.8 Å². The molecule has 6 rings (SSSR count). The van der Waals surface area contributed by atoms with Crippen molar-refractivity contribution >= 4 is 22.9 Å². The molecule has 0 saturated carbocycles. The molecule has 2 aliphatic rings. The van der Waals surface area contributed by atoms with Crippen molar-refractivity contribution in [2.24, 2.45) is 0 Å². The van der Waals surface area contributed by atoms with Crippen LogP contribution in [-0.4, -0.2) is 42.1 Å². The second kappa shape index (κ2) is 10.6. The first-order valence-corrected chi connectivity index (χ1v) is 13.1. The van der Waals surface area contributed by atoms with Gasteiger partial charge in [0.1, 0.15) is 28.8 Å². The number of pyridine rings is 1. The van der Waals surface area contributed by atoms with Crippen molar-refractivity contribution < 1.29 is 9.47 Å². The van der Waals surface area contributed by atoms with E-state index >= 15 is 0 Å². The monoisotopic (exact) mass is 508 g/mol. The fourth-order valence-electron chi connectivity index (χ4n) is 5.29. The second-order valence-corrected chi connectivity index (χ2v) is 9.47. The van der Waals surface area contributed by atoms with Crippen LogP contribution in [0.2, 0.25) is 0 Å². The van der Waals surface area contributed by atoms with Crippen LogP contribution in [0, 0.1) is 0 Å². The molecule has 1 unspecified atom stereocenters. The number of hydrogen-bond donors (Lipinski definition) is 2. The Hall–Kier alpha value is -4.30. The Morgan fingerprint density at radius 1 is 0.868 bits per heavy atom. The summed E-state index contributed by atoms with van der Waals surface area (Å²) in [7, 11) is 3.40. The van der Waals surface area contributed by atoms with Crippen LogP contribution in [0.1, 0.15) is 31.1 Å². The number of rotatable bonds is 7. The van der Waals surface area contributed by atoms with Crippen molar-refractivity contribution in [1.29, 1.82) is 0 Å². The van der Waals surface area contributed by atoms with Crippen LogP contribution in [0.15, 0.2) is 84.8 Å². The highest BCUT2D eigenvalue weighted by molar-refractivity contribution is 5.89. The Balaban J connectivity index is 1.53. The van der Waals surface area contributed by atoms with Gasteiger partial charge in [-0.25, -0.2) is 9.67 Å². The number of anilines is 3. The molecule has 0 radical (unpaired) electrons. The number of nitrogens with zero attached hydrogens (tertiary/aromatic N) is 4. The summed E-state index contributed by atoms with van der Waals surface area (Å²) in [6, 6.07) is 24.2. The minimum atomic E-state index is -0.466. The zero-order valence-corrected chi connectivity index (χ0v) is 21.7. The standard InChI is InChI=1S/C30H32N6O2/c1-37-23-16-14-21(15-17-23)25-28(32-24-13-7-8-18-31-24)33-29-27(35-19-9-4-10-20-35)26(22-11-5-3-6-12-22)34-36(29)30(25)38-2/h3,5-8,11-18,30,33H,4,9-10,19-20H2,1-2H3,(H,31,32). The summed E-state index contributed by atoms with van der Waals surface area (Å²) in [4.78, 5) is 6.98. The van der Waals surface area contributed by atoms with E-state index in [4.69, 9.17) is 14.6 Å². The van der Waals surface area contributed by atoms with E-state index < -0.39 is 6.23 Å². The average Bonchev–Trinajstić information content (AvgIpc) is 3.37. The molecule has 2 aliphatic heterocycles. The fraction of sp³-hybridized carbons (Fsp3) is 0.267. The Kier molecular flexibility index (Phi) is 6.71. The third-order valence-electron chi connectivity index (χ3n) is 7.13. The summed E-state index contributed by atoms with van der Waals surface area (Å²) in [6.45, 7) is 1.99. The van der Waals surface area contributed by atoms with Crippen LogP contribution >= 0.6 is 0 Å². The van der Waals surface area contributed by atoms with E-state index in [0.717, 1.165) is 64.4 Å². The number of hydrogen-bond acceptors (Lipinski definition) is 7. The molecule has 8 nitrogen and oxygen atoms in total. The van der Waals surface area contributed by atoms with Crippen molar-refractivity contribution in [3.8, 4) is 17.0 Å². The minimum Gasteiger partial charge on any atom is -0.497 e. The molecular formula is C30H32N6O2. The Labute approximate surface area is 222 Å². The largest absolute Gasteiger partial charge is 0.497 e. The van der Waals surface area contributed by atoms with Crippen LogP contribution in [0.3, 0.4) is 0 Å². The highest BCUT2D eigenvalue weighted by Crippen LogP contribution is 2.46. The summed E-state index contributed by atoms with van der Waals surface area (Å²) in [5.41, 5.74) is 5.06. The molecule has 8 heteroatoms. The van der Waals surface area contributed by atoms with Crippen molar-refractivity contribution in [3.63, 3.8) is 0 Å². The molecule has 1 saturated heterocycles. The Morgan fingerprint density at radius 3 is 2.32 bits per heavy atom. The van der Waals surface area contributed by atoms with E-state index in [-0.39, 0.29) is 0 Å². The molecule has 2 N–H and O–H groups in total. The number of nitrogens with one attached hydrogen (secondary N) is 2. The van der Waals surface area contributed by atoms with Gasteiger partial charge in [0.25, 0.3) is 0 Å². The van der Waals surface area contributed by atoms with Gasteiger partial charge in [-0.05, 0) is 49.1 Å². The SMILES string of the molecule is COc1ccc(C2=C(Nc3ccccn3)Nc3c(N4CCCCC4)c(-c4ccccc4)nn3C2OC)cc1. The maximum atomic E-state index is 6.19. The van der Waals surface area contributed by atoms with Gasteiger partial charge in [0.15, 0.2) is 12.0 Å². The molecule has 194 valence electrons. The second-order valence-electron chi connectivity index (χ2n) is 9.47. The van der Waals surface area contributed by atoms with Gasteiger partial charge >= 0.3 is 0 Å². The smallest absolute Gasteiger partial charge is 0.182 e. The maximum absolute atomic E-state index is 6.19. The van der Waals surface area contributed by atoms with Crippen LogP contribution < -0.4 is 20.3 Å². The van der Waals surface area contributed by atoms with Gasteiger partial charge in [-0.2, -0.15) is 5.10 Å². The third-order valence-corrected chi connectivity index (χ3v) is 7.13. The molecule has 38 heavy (non-hydrogen) atoms. The van der Waals surface area contributed by atoms with Crippen molar-refractivity contribution in [2.75, 3.05) is 42.8 Å². The highest BCUT2D eigenvalue weighted by Gasteiger charge is 2.36. The number of aromatic nitrogens is 3. The Bertz CT molecular complexity index is 1410. The summed E-state index contributed by atoms with van der Waals surface area (Å²) < 4.78 is 13.6. The Morgan fingerprint density at radius 2 is 1.63 bits per heavy atom. The first kappa shape index (κ1) is 24.1. The van der Waals surface area contributed by atoms with E-state index in [9.17, 15) is 0 Å². The minimum absolute atomic E-state index is 0.466. The van der Waals surface area contributed by atoms with Crippen molar-refractivity contribution in [2.45, 2.75) is 25.5 Å². The van der Waals surface area contributed by atoms with Gasteiger partial charge in [0, 0.05) is 32.0 Å². The topological polar surface area (TPSA) is 76.5 Å². The van der Waals surface area contributed by atoms with Gasteiger partial charge < -0.3 is 25.0 Å². The third kappa shape index (κ3) is 4.48. The predicted octanol–water partition coefficient (Wildman–Crippen LogP) is 6.00. The summed E-state index contributed by atoms with van der Waals surface area (Å²) in [5, 5.41) is 12.4. The molecule has 0 aliphatic carbocycles. The molecule has 4 aromatic rings. The van der Waals surface area contributed by atoms with E-state index in [1.165, 1.54) is 19.3 Å².